The number of aliphatic hydroxyl groups excluding tert-OH is 1. The fourth-order valence-corrected chi connectivity index (χ4v) is 6.79. The predicted octanol–water partition coefficient (Wildman–Crippen LogP) is 3.56. The number of rotatable bonds is 5. The molecule has 0 fully saturated rings. The quantitative estimate of drug-likeness (QED) is 0.194. The van der Waals surface area contributed by atoms with Gasteiger partial charge in [0.05, 0.1) is 7.11 Å². The van der Waals surface area contributed by atoms with Crippen molar-refractivity contribution in [1.82, 2.24) is 20.6 Å². The molecule has 4 bridgehead atoms. The molecule has 4 aromatic rings. The SMILES string of the molecule is COC(=O)c1coc(-c2nc3oc2C24c5ccccc5NC2Oc2c(O)cc(cc24)C[C@H](NC(=O)[C@@H](O)C(C)C)C(=O)N[C@H]3C(C)(C)C)n1. The number of methoxy groups -OCH3 is 1. The molecule has 5 atom stereocenters. The minimum absolute atomic E-state index is 0.0304. The Labute approximate surface area is 281 Å². The highest BCUT2D eigenvalue weighted by Gasteiger charge is 2.62. The molecule has 2 amide bonds. The van der Waals surface area contributed by atoms with Gasteiger partial charge >= 0.3 is 5.97 Å². The van der Waals surface area contributed by atoms with E-state index in [0.29, 0.717) is 11.1 Å². The number of carbonyl (C=O) groups excluding carboxylic acids is 3. The van der Waals surface area contributed by atoms with Crippen LogP contribution in [-0.4, -0.2) is 63.4 Å². The van der Waals surface area contributed by atoms with Gasteiger partial charge in [0.2, 0.25) is 23.6 Å². The number of benzene rings is 2. The molecule has 14 nitrogen and oxygen atoms in total. The number of aliphatic hydroxyl groups is 1. The summed E-state index contributed by atoms with van der Waals surface area (Å²) in [5, 5.41) is 31.1. The van der Waals surface area contributed by atoms with Crippen molar-refractivity contribution in [1.29, 1.82) is 0 Å². The van der Waals surface area contributed by atoms with Gasteiger partial charge in [-0.1, -0.05) is 58.9 Å². The molecule has 0 saturated carbocycles. The lowest BCUT2D eigenvalue weighted by Crippen LogP contribution is -2.53. The molecule has 2 unspecified atom stereocenters. The van der Waals surface area contributed by atoms with Crippen LogP contribution in [0.25, 0.3) is 11.6 Å². The predicted molar refractivity (Wildman–Crippen MR) is 173 cm³/mol. The van der Waals surface area contributed by atoms with Crippen molar-refractivity contribution in [3.8, 4) is 23.1 Å². The highest BCUT2D eigenvalue weighted by molar-refractivity contribution is 5.90. The summed E-state index contributed by atoms with van der Waals surface area (Å²) in [6.45, 7) is 9.09. The fourth-order valence-electron chi connectivity index (χ4n) is 6.79. The zero-order chi connectivity index (χ0) is 35.0. The average Bonchev–Trinajstić information content (AvgIpc) is 3.83. The largest absolute Gasteiger partial charge is 0.504 e. The zero-order valence-electron chi connectivity index (χ0n) is 27.8. The number of anilines is 1. The highest BCUT2D eigenvalue weighted by atomic mass is 16.5. The summed E-state index contributed by atoms with van der Waals surface area (Å²) in [5.41, 5.74) is 0.589. The number of para-hydroxylation sites is 1. The van der Waals surface area contributed by atoms with Crippen molar-refractivity contribution in [2.75, 3.05) is 12.4 Å². The summed E-state index contributed by atoms with van der Waals surface area (Å²) in [6.07, 6.45) is -1.06. The van der Waals surface area contributed by atoms with Crippen LogP contribution in [0.2, 0.25) is 0 Å². The molecule has 5 heterocycles. The lowest BCUT2D eigenvalue weighted by Gasteiger charge is -2.32. The Balaban J connectivity index is 1.52. The summed E-state index contributed by atoms with van der Waals surface area (Å²) in [4.78, 5) is 48.9. The molecule has 0 radical (unpaired) electrons. The second-order valence-electron chi connectivity index (χ2n) is 14.0. The van der Waals surface area contributed by atoms with E-state index in [2.05, 4.69) is 20.9 Å². The maximum absolute atomic E-state index is 14.1. The molecule has 1 spiro atoms. The summed E-state index contributed by atoms with van der Waals surface area (Å²) < 4.78 is 23.9. The first-order valence-corrected chi connectivity index (χ1v) is 16.0. The van der Waals surface area contributed by atoms with E-state index in [0.717, 1.165) is 17.5 Å². The Morgan fingerprint density at radius 1 is 1.12 bits per heavy atom. The molecular formula is C35H37N5O9. The standard InChI is InChI=1S/C35H37N5O9/c1-15(2)24(42)29(44)36-20-12-16-11-18-25(22(41)13-16)48-33-35(18,17-9-7-8-10-19(17)38-33)27-23(30-37-21(14-47-30)32(45)46-6)39-31(49-27)26(34(3,4)5)40-28(20)43/h7-11,13-15,20,24,26,33,38,41-42H,12H2,1-6H3,(H,36,44)(H,40,43)/t20-,24-,26+,33?,35?/m0/s1. The summed E-state index contributed by atoms with van der Waals surface area (Å²) >= 11 is 0. The molecule has 14 heteroatoms. The normalized spacial score (nSPS) is 22.9. The van der Waals surface area contributed by atoms with E-state index in [9.17, 15) is 24.6 Å². The van der Waals surface area contributed by atoms with E-state index in [1.807, 2.05) is 45.0 Å². The van der Waals surface area contributed by atoms with Gasteiger partial charge in [0.1, 0.15) is 29.9 Å². The van der Waals surface area contributed by atoms with Crippen LogP contribution in [-0.2, 0) is 26.2 Å². The lowest BCUT2D eigenvalue weighted by atomic mass is 9.72. The molecule has 3 aliphatic rings. The second kappa shape index (κ2) is 11.4. The fraction of sp³-hybridized carbons (Fsp3) is 0.400. The van der Waals surface area contributed by atoms with Crippen molar-refractivity contribution in [2.24, 2.45) is 11.3 Å². The molecule has 5 N–H and O–H groups in total. The monoisotopic (exact) mass is 671 g/mol. The van der Waals surface area contributed by atoms with Gasteiger partial charge in [-0.05, 0) is 34.6 Å². The number of aromatic hydroxyl groups is 1. The maximum atomic E-state index is 14.1. The van der Waals surface area contributed by atoms with E-state index in [1.54, 1.807) is 19.9 Å². The van der Waals surface area contributed by atoms with Crippen LogP contribution in [0.4, 0.5) is 5.69 Å². The number of nitrogens with zero attached hydrogens (tertiary/aromatic N) is 2. The van der Waals surface area contributed by atoms with E-state index in [1.165, 1.54) is 13.2 Å². The first kappa shape index (κ1) is 32.2. The number of fused-ring (bicyclic) bond motifs is 4. The first-order valence-electron chi connectivity index (χ1n) is 16.0. The average molecular weight is 672 g/mol. The van der Waals surface area contributed by atoms with E-state index < -0.39 is 58.9 Å². The molecule has 3 aliphatic heterocycles. The molecule has 0 aliphatic carbocycles. The van der Waals surface area contributed by atoms with Gasteiger partial charge in [-0.3, -0.25) is 9.59 Å². The number of nitrogens with one attached hydrogen (secondary N) is 3. The minimum atomic E-state index is -1.35. The molecule has 2 aromatic carbocycles. The smallest absolute Gasteiger partial charge is 0.360 e. The van der Waals surface area contributed by atoms with Crippen molar-refractivity contribution in [3.63, 3.8) is 0 Å². The van der Waals surface area contributed by atoms with Crippen molar-refractivity contribution < 1.29 is 42.9 Å². The number of oxazole rings is 2. The Morgan fingerprint density at radius 2 is 1.88 bits per heavy atom. The topological polar surface area (TPSA) is 198 Å². The Kier molecular flexibility index (Phi) is 7.47. The van der Waals surface area contributed by atoms with Gasteiger partial charge in [-0.2, -0.15) is 0 Å². The van der Waals surface area contributed by atoms with Crippen LogP contribution >= 0.6 is 0 Å². The summed E-state index contributed by atoms with van der Waals surface area (Å²) in [5.74, 6) is -2.09. The number of hydrogen-bond acceptors (Lipinski definition) is 12. The minimum Gasteiger partial charge on any atom is -0.504 e. The van der Waals surface area contributed by atoms with Gasteiger partial charge < -0.3 is 44.5 Å². The van der Waals surface area contributed by atoms with Crippen LogP contribution in [0, 0.1) is 11.3 Å². The molecule has 7 rings (SSSR count). The summed E-state index contributed by atoms with van der Waals surface area (Å²) in [7, 11) is 1.23. The number of amides is 2. The molecule has 2 aromatic heterocycles. The lowest BCUT2D eigenvalue weighted by molar-refractivity contribution is -0.136. The van der Waals surface area contributed by atoms with Crippen molar-refractivity contribution >= 4 is 23.5 Å². The highest BCUT2D eigenvalue weighted by Crippen LogP contribution is 2.61. The van der Waals surface area contributed by atoms with Crippen LogP contribution in [0.5, 0.6) is 11.5 Å². The molecule has 49 heavy (non-hydrogen) atoms. The first-order chi connectivity index (χ1) is 23.2. The van der Waals surface area contributed by atoms with E-state index in [4.69, 9.17) is 23.3 Å². The maximum Gasteiger partial charge on any atom is 0.360 e. The number of phenolic OH excluding ortho intramolecular Hbond substituents is 1. The van der Waals surface area contributed by atoms with Gasteiger partial charge in [0.25, 0.3) is 0 Å². The number of hydrogen-bond donors (Lipinski definition) is 5. The Bertz CT molecular complexity index is 1990. The number of ether oxygens (including phenoxy) is 2. The van der Waals surface area contributed by atoms with Crippen LogP contribution < -0.4 is 20.7 Å². The Morgan fingerprint density at radius 3 is 2.59 bits per heavy atom. The number of phenols is 1. The van der Waals surface area contributed by atoms with Crippen LogP contribution in [0.1, 0.15) is 79.5 Å². The number of esters is 1. The van der Waals surface area contributed by atoms with Gasteiger partial charge in [-0.15, -0.1) is 0 Å². The van der Waals surface area contributed by atoms with Gasteiger partial charge in [0.15, 0.2) is 34.9 Å². The summed E-state index contributed by atoms with van der Waals surface area (Å²) in [6, 6.07) is 8.83. The number of aromatic nitrogens is 2. The van der Waals surface area contributed by atoms with Crippen molar-refractivity contribution in [3.05, 3.63) is 76.7 Å². The second-order valence-corrected chi connectivity index (χ2v) is 14.0. The third-order valence-electron chi connectivity index (χ3n) is 9.30. The van der Waals surface area contributed by atoms with E-state index >= 15 is 0 Å². The molecule has 0 saturated heterocycles. The molecular weight excluding hydrogens is 634 g/mol. The van der Waals surface area contributed by atoms with E-state index in [-0.39, 0.29) is 46.8 Å². The Hall–Kier alpha value is -5.37. The van der Waals surface area contributed by atoms with Crippen LogP contribution in [0.3, 0.4) is 0 Å². The molecule has 256 valence electrons. The van der Waals surface area contributed by atoms with Crippen LogP contribution in [0.15, 0.2) is 51.5 Å². The van der Waals surface area contributed by atoms with Crippen molar-refractivity contribution in [2.45, 2.75) is 70.9 Å². The third-order valence-corrected chi connectivity index (χ3v) is 9.30. The van der Waals surface area contributed by atoms with Gasteiger partial charge in [0, 0.05) is 17.7 Å². The zero-order valence-corrected chi connectivity index (χ0v) is 27.8. The number of carbonyl (C=O) groups is 3. The van der Waals surface area contributed by atoms with Gasteiger partial charge in [-0.25, -0.2) is 14.8 Å². The third kappa shape index (κ3) is 5.00.